The molecule has 232 valence electrons. The van der Waals surface area contributed by atoms with Crippen molar-refractivity contribution in [2.24, 2.45) is 4.99 Å². The van der Waals surface area contributed by atoms with Crippen molar-refractivity contribution in [2.75, 3.05) is 39.2 Å². The van der Waals surface area contributed by atoms with Crippen molar-refractivity contribution >= 4 is 182 Å². The fourth-order valence-corrected chi connectivity index (χ4v) is 12.1. The number of rotatable bonds is 10. The van der Waals surface area contributed by atoms with Gasteiger partial charge in [-0.15, -0.1) is 0 Å². The molecule has 43 heavy (non-hydrogen) atoms. The van der Waals surface area contributed by atoms with Crippen LogP contribution >= 0.6 is 136 Å². The molecule has 0 spiro atoms. The first-order chi connectivity index (χ1) is 20.1. The van der Waals surface area contributed by atoms with Gasteiger partial charge in [0, 0.05) is 27.7 Å². The van der Waals surface area contributed by atoms with Gasteiger partial charge in [-0.05, 0) is 136 Å². The number of ether oxygens (including phenoxy) is 1. The Morgan fingerprint density at radius 1 is 0.767 bits per heavy atom. The summed E-state index contributed by atoms with van der Waals surface area (Å²) in [5, 5.41) is 29.1. The van der Waals surface area contributed by atoms with Gasteiger partial charge >= 0.3 is 5.97 Å². The first-order valence-corrected chi connectivity index (χ1v) is 18.0. The van der Waals surface area contributed by atoms with E-state index < -0.39 is 36.1 Å². The summed E-state index contributed by atoms with van der Waals surface area (Å²) in [7, 11) is 2.90. The van der Waals surface area contributed by atoms with Crippen molar-refractivity contribution < 1.29 is 38.9 Å². The number of carboxylic acid groups (broad SMARTS) is 1. The summed E-state index contributed by atoms with van der Waals surface area (Å²) in [4.78, 5) is 68.5. The topological polar surface area (TPSA) is 196 Å². The summed E-state index contributed by atoms with van der Waals surface area (Å²) in [6, 6.07) is 0. The largest absolute Gasteiger partial charge is 0.484 e. The first kappa shape index (κ1) is 38.8. The number of amides is 4. The van der Waals surface area contributed by atoms with E-state index in [9.17, 15) is 29.1 Å². The lowest BCUT2D eigenvalue weighted by molar-refractivity contribution is -0.115. The van der Waals surface area contributed by atoms with E-state index >= 15 is 0 Å². The lowest BCUT2D eigenvalue weighted by atomic mass is 10.1. The van der Waals surface area contributed by atoms with Gasteiger partial charge < -0.3 is 36.2 Å². The van der Waals surface area contributed by atoms with Crippen LogP contribution in [0.1, 0.15) is 48.4 Å². The summed E-state index contributed by atoms with van der Waals surface area (Å²) < 4.78 is 7.08. The van der Waals surface area contributed by atoms with Crippen molar-refractivity contribution in [3.8, 4) is 0 Å². The summed E-state index contributed by atoms with van der Waals surface area (Å²) in [5.41, 5.74) is 0.641. The van der Waals surface area contributed by atoms with Gasteiger partial charge in [0.1, 0.15) is 0 Å². The van der Waals surface area contributed by atoms with Crippen LogP contribution < -0.4 is 21.3 Å². The van der Waals surface area contributed by atoms with E-state index in [1.165, 1.54) is 14.2 Å². The Kier molecular flexibility index (Phi) is 15.8. The highest BCUT2D eigenvalue weighted by atomic mass is 127. The van der Waals surface area contributed by atoms with Crippen LogP contribution in [0.2, 0.25) is 0 Å². The molecule has 13 nitrogen and oxygen atoms in total. The Bertz CT molecular complexity index is 1550. The maximum atomic E-state index is 13.4. The number of carbonyl (C=O) groups is 5. The number of carbonyl (C=O) groups excluding carboxylic acids is 4. The molecule has 0 radical (unpaired) electrons. The van der Waals surface area contributed by atoms with Gasteiger partial charge in [0.15, 0.2) is 5.90 Å². The molecular formula is C24H21I6N5O8. The molecule has 0 aliphatic heterocycles. The highest BCUT2D eigenvalue weighted by molar-refractivity contribution is 14.1. The third kappa shape index (κ3) is 9.11. The van der Waals surface area contributed by atoms with Gasteiger partial charge in [-0.1, -0.05) is 0 Å². The number of carboxylic acids is 1. The maximum absolute atomic E-state index is 13.4. The highest BCUT2D eigenvalue weighted by Gasteiger charge is 2.30. The van der Waals surface area contributed by atoms with E-state index in [0.29, 0.717) is 22.3 Å². The predicted molar refractivity (Wildman–Crippen MR) is 210 cm³/mol. The molecule has 2 aromatic carbocycles. The van der Waals surface area contributed by atoms with Crippen molar-refractivity contribution in [1.82, 2.24) is 16.0 Å². The highest BCUT2D eigenvalue weighted by Crippen LogP contribution is 2.38. The van der Waals surface area contributed by atoms with Crippen LogP contribution in [0, 0.1) is 21.4 Å². The van der Waals surface area contributed by atoms with E-state index in [0.717, 1.165) is 0 Å². The van der Waals surface area contributed by atoms with Crippen molar-refractivity contribution in [3.05, 3.63) is 43.7 Å². The van der Waals surface area contributed by atoms with Crippen LogP contribution in [0.3, 0.4) is 0 Å². The van der Waals surface area contributed by atoms with Crippen molar-refractivity contribution in [1.29, 1.82) is 0 Å². The van der Waals surface area contributed by atoms with Crippen LogP contribution in [-0.2, 0) is 9.53 Å². The zero-order chi connectivity index (χ0) is 32.8. The van der Waals surface area contributed by atoms with Crippen LogP contribution in [0.5, 0.6) is 0 Å². The number of aliphatic imine (C=N–C) groups is 1. The molecule has 0 unspecified atom stereocenters. The molecule has 0 bridgehead atoms. The van der Waals surface area contributed by atoms with Crippen LogP contribution in [0.25, 0.3) is 0 Å². The first-order valence-electron chi connectivity index (χ1n) is 11.6. The van der Waals surface area contributed by atoms with Gasteiger partial charge in [0.25, 0.3) is 17.7 Å². The molecular weight excluding hydrogens is 1250 g/mol. The predicted octanol–water partition coefficient (Wildman–Crippen LogP) is 4.16. The molecule has 0 atom stereocenters. The molecule has 4 amide bonds. The van der Waals surface area contributed by atoms with Gasteiger partial charge in [-0.3, -0.25) is 19.2 Å². The number of anilines is 1. The normalized spacial score (nSPS) is 11.1. The Balaban J connectivity index is 2.50. The zero-order valence-corrected chi connectivity index (χ0v) is 35.1. The summed E-state index contributed by atoms with van der Waals surface area (Å²) in [5.74, 6) is -3.40. The lowest BCUT2D eigenvalue weighted by Crippen LogP contribution is -2.35. The Hall–Kier alpha value is -0.400. The van der Waals surface area contributed by atoms with Crippen molar-refractivity contribution in [2.45, 2.75) is 6.92 Å². The Morgan fingerprint density at radius 2 is 1.26 bits per heavy atom. The number of hydrogen-bond donors (Lipinski definition) is 6. The maximum Gasteiger partial charge on any atom is 0.337 e. The van der Waals surface area contributed by atoms with E-state index in [-0.39, 0.29) is 51.8 Å². The summed E-state index contributed by atoms with van der Waals surface area (Å²) in [6.07, 6.45) is 0. The SMILES string of the molecule is CNC(=O)c1c(I)c(N=C(C)OC)c(I)c(C(=O)NCC(=O)Nc2c(I)c(C(=O)O)c(I)c(C(=O)NCCO)c2I)c1I. The number of halogens is 6. The average molecular weight is 1270 g/mol. The van der Waals surface area contributed by atoms with Crippen LogP contribution in [-0.4, -0.2) is 79.6 Å². The third-order valence-corrected chi connectivity index (χ3v) is 11.8. The molecule has 0 aliphatic rings. The lowest BCUT2D eigenvalue weighted by Gasteiger charge is -2.19. The van der Waals surface area contributed by atoms with Crippen LogP contribution in [0.15, 0.2) is 4.99 Å². The second kappa shape index (κ2) is 17.5. The second-order valence-electron chi connectivity index (χ2n) is 8.04. The van der Waals surface area contributed by atoms with Crippen LogP contribution in [0.4, 0.5) is 11.4 Å². The number of benzene rings is 2. The number of aliphatic hydroxyl groups excluding tert-OH is 1. The minimum Gasteiger partial charge on any atom is -0.484 e. The van der Waals surface area contributed by atoms with Gasteiger partial charge in [-0.25, -0.2) is 9.79 Å². The smallest absolute Gasteiger partial charge is 0.337 e. The number of hydrogen-bond acceptors (Lipinski definition) is 8. The average Bonchev–Trinajstić information content (AvgIpc) is 2.94. The molecule has 0 aliphatic carbocycles. The fourth-order valence-electron chi connectivity index (χ4n) is 3.33. The number of methoxy groups -OCH3 is 1. The van der Waals surface area contributed by atoms with E-state index in [1.807, 2.05) is 90.4 Å². The van der Waals surface area contributed by atoms with Gasteiger partial charge in [-0.2, -0.15) is 0 Å². The number of aromatic carboxylic acids is 1. The van der Waals surface area contributed by atoms with E-state index in [1.54, 1.807) is 52.1 Å². The molecule has 0 aromatic heterocycles. The molecule has 19 heteroatoms. The van der Waals surface area contributed by atoms with E-state index in [2.05, 4.69) is 26.3 Å². The second-order valence-corrected chi connectivity index (χ2v) is 14.5. The third-order valence-electron chi connectivity index (χ3n) is 5.37. The van der Waals surface area contributed by atoms with Gasteiger partial charge in [0.05, 0.1) is 68.2 Å². The molecule has 0 heterocycles. The van der Waals surface area contributed by atoms with E-state index in [4.69, 9.17) is 9.84 Å². The monoisotopic (exact) mass is 1270 g/mol. The van der Waals surface area contributed by atoms with Crippen molar-refractivity contribution in [3.63, 3.8) is 0 Å². The quantitative estimate of drug-likeness (QED) is 0.116. The minimum atomic E-state index is -1.30. The standard InChI is InChI=1S/C24H21I6N5O8/c1-7(43-3)34-19-15(27)9(21(38)31-2)13(25)10(16(19)28)23(40)33-6-8(37)35-20-17(29)11(22(39)32-4-5-36)14(26)12(18(20)30)24(41)42/h36H,4-6H2,1-3H3,(H,31,38)(H,32,39)(H,33,40)(H,35,37)(H,41,42). The molecule has 2 rings (SSSR count). The fraction of sp³-hybridized carbons (Fsp3) is 0.250. The molecule has 6 N–H and O–H groups in total. The number of nitrogens with one attached hydrogen (secondary N) is 4. The molecule has 2 aromatic rings. The number of nitrogens with zero attached hydrogens (tertiary/aromatic N) is 1. The Morgan fingerprint density at radius 3 is 1.77 bits per heavy atom. The molecule has 0 fully saturated rings. The minimum absolute atomic E-state index is 0.0240. The molecule has 0 saturated carbocycles. The molecule has 0 saturated heterocycles. The van der Waals surface area contributed by atoms with Gasteiger partial charge in [0.2, 0.25) is 5.91 Å². The summed E-state index contributed by atoms with van der Waals surface area (Å²) in [6.45, 7) is 0.733. The number of aliphatic hydroxyl groups is 1. The zero-order valence-electron chi connectivity index (χ0n) is 22.2. The Labute approximate surface area is 327 Å². The summed E-state index contributed by atoms with van der Waals surface area (Å²) >= 11 is 11.2.